The zero-order valence-electron chi connectivity index (χ0n) is 5.63. The molecule has 0 fully saturated rings. The van der Waals surface area contributed by atoms with Crippen molar-refractivity contribution in [3.63, 3.8) is 0 Å². The third-order valence-corrected chi connectivity index (χ3v) is 2.05. The van der Waals surface area contributed by atoms with Crippen LogP contribution < -0.4 is 11.5 Å². The zero-order valence-corrected chi connectivity index (χ0v) is 6.45. The highest BCUT2D eigenvalue weighted by Gasteiger charge is 1.97. The number of hydrogen-bond acceptors (Lipinski definition) is 3. The Bertz CT molecular complexity index is 197. The predicted octanol–water partition coefficient (Wildman–Crippen LogP) is 0.427. The van der Waals surface area contributed by atoms with Crippen LogP contribution >= 0.6 is 11.3 Å². The summed E-state index contributed by atoms with van der Waals surface area (Å²) in [5.41, 5.74) is 13.4. The Kier molecular flexibility index (Phi) is 2.80. The van der Waals surface area contributed by atoms with Gasteiger partial charge in [-0.1, -0.05) is 0 Å². The third kappa shape index (κ3) is 1.76. The van der Waals surface area contributed by atoms with Gasteiger partial charge in [0, 0.05) is 11.8 Å². The maximum Gasteiger partial charge on any atom is 0.108 e. The number of nitrogens with two attached hydrogens (primary N) is 1. The van der Waals surface area contributed by atoms with Gasteiger partial charge in [0.15, 0.2) is 0 Å². The molecule has 0 aliphatic carbocycles. The molecule has 0 aliphatic heterocycles. The minimum atomic E-state index is 0.287. The summed E-state index contributed by atoms with van der Waals surface area (Å²) in [6.45, 7) is 0.927. The first-order valence-corrected chi connectivity index (χ1v) is 4.02. The van der Waals surface area contributed by atoms with Crippen molar-refractivity contribution in [3.05, 3.63) is 16.1 Å². The van der Waals surface area contributed by atoms with E-state index in [0.29, 0.717) is 6.54 Å². The minimum absolute atomic E-state index is 0.287. The highest BCUT2D eigenvalue weighted by Crippen LogP contribution is 2.08. The summed E-state index contributed by atoms with van der Waals surface area (Å²) < 4.78 is 0. The Morgan fingerprint density at radius 1 is 1.70 bits per heavy atom. The lowest BCUT2D eigenvalue weighted by molar-refractivity contribution is 0.906. The Morgan fingerprint density at radius 2 is 2.50 bits per heavy atom. The van der Waals surface area contributed by atoms with Gasteiger partial charge in [0.05, 0.1) is 12.2 Å². The Morgan fingerprint density at radius 3 is 3.00 bits per heavy atom. The van der Waals surface area contributed by atoms with Crippen molar-refractivity contribution in [1.82, 2.24) is 10.7 Å². The lowest BCUT2D eigenvalue weighted by Gasteiger charge is -1.87. The second kappa shape index (κ2) is 3.65. The average molecular weight is 156 g/mol. The van der Waals surface area contributed by atoms with Crippen LogP contribution in [-0.2, 0) is 13.0 Å². The van der Waals surface area contributed by atoms with E-state index in [9.17, 15) is 0 Å². The first-order chi connectivity index (χ1) is 4.86. The van der Waals surface area contributed by atoms with Gasteiger partial charge in [0.1, 0.15) is 5.01 Å². The first kappa shape index (κ1) is 7.65. The van der Waals surface area contributed by atoms with Crippen LogP contribution in [0.5, 0.6) is 0 Å². The van der Waals surface area contributed by atoms with Crippen LogP contribution in [0.3, 0.4) is 0 Å². The maximum atomic E-state index is 7.01. The van der Waals surface area contributed by atoms with Crippen molar-refractivity contribution < 1.29 is 0 Å². The van der Waals surface area contributed by atoms with E-state index >= 15 is 0 Å². The monoisotopic (exact) mass is 156 g/mol. The van der Waals surface area contributed by atoms with Crippen LogP contribution in [-0.4, -0.2) is 11.5 Å². The van der Waals surface area contributed by atoms with Crippen LogP contribution in [0.15, 0.2) is 5.38 Å². The van der Waals surface area contributed by atoms with E-state index < -0.39 is 0 Å². The van der Waals surface area contributed by atoms with E-state index in [1.165, 1.54) is 11.3 Å². The van der Waals surface area contributed by atoms with Gasteiger partial charge in [-0.15, -0.1) is 11.3 Å². The Labute approximate surface area is 64.1 Å². The van der Waals surface area contributed by atoms with Gasteiger partial charge in [0.2, 0.25) is 0 Å². The molecule has 1 rings (SSSR count). The zero-order chi connectivity index (χ0) is 7.40. The lowest BCUT2D eigenvalue weighted by atomic mass is 10.3. The van der Waals surface area contributed by atoms with E-state index in [2.05, 4.69) is 4.98 Å². The van der Waals surface area contributed by atoms with E-state index in [1.807, 2.05) is 5.38 Å². The SMILES string of the molecule is [NH]Cc1nc(CCN)cs1. The predicted molar refractivity (Wildman–Crippen MR) is 41.7 cm³/mol. The van der Waals surface area contributed by atoms with Crippen molar-refractivity contribution >= 4 is 11.3 Å². The average Bonchev–Trinajstić information content (AvgIpc) is 2.37. The highest BCUT2D eigenvalue weighted by atomic mass is 32.1. The fourth-order valence-corrected chi connectivity index (χ4v) is 1.39. The summed E-state index contributed by atoms with van der Waals surface area (Å²) in [7, 11) is 0. The van der Waals surface area contributed by atoms with Crippen LogP contribution in [0.25, 0.3) is 0 Å². The molecule has 1 aromatic heterocycles. The van der Waals surface area contributed by atoms with Gasteiger partial charge in [-0.05, 0) is 6.54 Å². The van der Waals surface area contributed by atoms with Crippen molar-refractivity contribution in [2.24, 2.45) is 5.73 Å². The van der Waals surface area contributed by atoms with Gasteiger partial charge >= 0.3 is 0 Å². The fraction of sp³-hybridized carbons (Fsp3) is 0.500. The van der Waals surface area contributed by atoms with Crippen LogP contribution in [0.2, 0.25) is 0 Å². The molecule has 3 nitrogen and oxygen atoms in total. The second-order valence-electron chi connectivity index (χ2n) is 1.95. The number of aromatic nitrogens is 1. The molecule has 1 radical (unpaired) electrons. The third-order valence-electron chi connectivity index (χ3n) is 1.15. The summed E-state index contributed by atoms with van der Waals surface area (Å²) in [5.74, 6) is 0. The molecule has 0 saturated carbocycles. The van der Waals surface area contributed by atoms with Crippen molar-refractivity contribution in [1.29, 1.82) is 0 Å². The number of nitrogens with zero attached hydrogens (tertiary/aromatic N) is 1. The summed E-state index contributed by atoms with van der Waals surface area (Å²) in [5, 5.41) is 2.85. The molecule has 0 atom stereocenters. The minimum Gasteiger partial charge on any atom is -0.330 e. The van der Waals surface area contributed by atoms with Crippen molar-refractivity contribution in [2.45, 2.75) is 13.0 Å². The smallest absolute Gasteiger partial charge is 0.108 e. The summed E-state index contributed by atoms with van der Waals surface area (Å²) in [4.78, 5) is 4.17. The molecular formula is C6H10N3S. The topological polar surface area (TPSA) is 62.7 Å². The second-order valence-corrected chi connectivity index (χ2v) is 2.89. The normalized spacial score (nSPS) is 10.2. The Hall–Kier alpha value is -0.450. The Balaban J connectivity index is 2.59. The molecule has 0 aromatic carbocycles. The van der Waals surface area contributed by atoms with E-state index in [4.69, 9.17) is 11.5 Å². The van der Waals surface area contributed by atoms with E-state index in [0.717, 1.165) is 17.1 Å². The molecule has 1 heterocycles. The number of rotatable bonds is 3. The van der Waals surface area contributed by atoms with E-state index in [1.54, 1.807) is 0 Å². The maximum absolute atomic E-state index is 7.01. The highest BCUT2D eigenvalue weighted by molar-refractivity contribution is 7.09. The van der Waals surface area contributed by atoms with Gasteiger partial charge in [0.25, 0.3) is 0 Å². The molecule has 0 unspecified atom stereocenters. The largest absolute Gasteiger partial charge is 0.330 e. The summed E-state index contributed by atoms with van der Waals surface area (Å²) in [6.07, 6.45) is 0.830. The molecule has 0 bridgehead atoms. The van der Waals surface area contributed by atoms with Gasteiger partial charge in [-0.25, -0.2) is 4.98 Å². The lowest BCUT2D eigenvalue weighted by Crippen LogP contribution is -2.02. The summed E-state index contributed by atoms with van der Waals surface area (Å²) in [6, 6.07) is 0. The van der Waals surface area contributed by atoms with E-state index in [-0.39, 0.29) is 6.54 Å². The number of hydrogen-bond donors (Lipinski definition) is 1. The molecule has 0 spiro atoms. The molecule has 55 valence electrons. The number of nitrogens with one attached hydrogen (secondary N) is 1. The van der Waals surface area contributed by atoms with Crippen LogP contribution in [0.1, 0.15) is 10.7 Å². The fourth-order valence-electron chi connectivity index (χ4n) is 0.693. The van der Waals surface area contributed by atoms with Crippen LogP contribution in [0.4, 0.5) is 0 Å². The van der Waals surface area contributed by atoms with Crippen molar-refractivity contribution in [3.8, 4) is 0 Å². The van der Waals surface area contributed by atoms with Gasteiger partial charge in [-0.2, -0.15) is 0 Å². The van der Waals surface area contributed by atoms with Gasteiger partial charge in [-0.3, -0.25) is 5.73 Å². The molecule has 0 aliphatic rings. The van der Waals surface area contributed by atoms with Crippen LogP contribution in [0, 0.1) is 0 Å². The summed E-state index contributed by atoms with van der Waals surface area (Å²) >= 11 is 1.54. The molecule has 0 amide bonds. The molecule has 1 aromatic rings. The quantitative estimate of drug-likeness (QED) is 0.689. The number of thiazole rings is 1. The molecule has 4 heteroatoms. The first-order valence-electron chi connectivity index (χ1n) is 3.14. The standard InChI is InChI=1S/C6H10N3S/c7-2-1-5-4-10-6(3-8)9-5/h4,8H,1-3,7H2. The van der Waals surface area contributed by atoms with Crippen molar-refractivity contribution in [2.75, 3.05) is 6.54 Å². The molecular weight excluding hydrogens is 146 g/mol. The molecule has 3 N–H and O–H groups in total. The molecule has 0 saturated heterocycles. The molecule has 10 heavy (non-hydrogen) atoms. The van der Waals surface area contributed by atoms with Gasteiger partial charge < -0.3 is 5.73 Å².